The Morgan fingerprint density at radius 2 is 2.14 bits per heavy atom. The molecule has 0 radical (unpaired) electrons. The van der Waals surface area contributed by atoms with E-state index in [9.17, 15) is 4.79 Å². The fourth-order valence-corrected chi connectivity index (χ4v) is 4.78. The number of nitrogens with zero attached hydrogens (tertiary/aromatic N) is 2. The van der Waals surface area contributed by atoms with E-state index in [0.29, 0.717) is 19.8 Å². The third-order valence-electron chi connectivity index (χ3n) is 5.14. The number of anilines is 1. The number of thiazole rings is 1. The topological polar surface area (TPSA) is 63.7 Å². The maximum absolute atomic E-state index is 13.0. The molecule has 1 saturated heterocycles. The van der Waals surface area contributed by atoms with Crippen molar-refractivity contribution in [3.05, 3.63) is 53.0 Å². The molecule has 6 nitrogen and oxygen atoms in total. The molecular formula is C21H21N3O3S. The van der Waals surface area contributed by atoms with Crippen molar-refractivity contribution >= 4 is 33.3 Å². The minimum atomic E-state index is -0.174. The predicted molar refractivity (Wildman–Crippen MR) is 109 cm³/mol. The number of aryl methyl sites for hydroxylation is 1. The second-order valence-corrected chi connectivity index (χ2v) is 8.07. The van der Waals surface area contributed by atoms with Crippen LogP contribution in [0.1, 0.15) is 23.0 Å². The van der Waals surface area contributed by atoms with Crippen LogP contribution in [0.3, 0.4) is 0 Å². The molecule has 144 valence electrons. The summed E-state index contributed by atoms with van der Waals surface area (Å²) in [6, 6.07) is 13.6. The van der Waals surface area contributed by atoms with Gasteiger partial charge in [-0.05, 0) is 48.7 Å². The molecule has 0 spiro atoms. The van der Waals surface area contributed by atoms with E-state index in [4.69, 9.17) is 14.5 Å². The van der Waals surface area contributed by atoms with Gasteiger partial charge in [-0.25, -0.2) is 9.78 Å². The monoisotopic (exact) mass is 395 g/mol. The van der Waals surface area contributed by atoms with Crippen molar-refractivity contribution < 1.29 is 14.3 Å². The van der Waals surface area contributed by atoms with Crippen LogP contribution in [0.4, 0.5) is 10.5 Å². The molecule has 3 aromatic rings. The molecule has 1 atom stereocenters. The van der Waals surface area contributed by atoms with Gasteiger partial charge in [-0.15, -0.1) is 11.3 Å². The van der Waals surface area contributed by atoms with Crippen molar-refractivity contribution in [2.24, 2.45) is 0 Å². The highest BCUT2D eigenvalue weighted by atomic mass is 32.1. The van der Waals surface area contributed by atoms with E-state index in [1.54, 1.807) is 11.3 Å². The van der Waals surface area contributed by atoms with Gasteiger partial charge in [-0.2, -0.15) is 0 Å². The van der Waals surface area contributed by atoms with Gasteiger partial charge in [0.1, 0.15) is 16.8 Å². The van der Waals surface area contributed by atoms with Gasteiger partial charge in [0.25, 0.3) is 0 Å². The molecule has 7 heteroatoms. The maximum atomic E-state index is 13.0. The predicted octanol–water partition coefficient (Wildman–Crippen LogP) is 4.23. The largest absolute Gasteiger partial charge is 0.493 e. The van der Waals surface area contributed by atoms with Crippen LogP contribution in [0.2, 0.25) is 0 Å². The summed E-state index contributed by atoms with van der Waals surface area (Å²) < 4.78 is 12.4. The fourth-order valence-electron chi connectivity index (χ4n) is 3.72. The summed E-state index contributed by atoms with van der Waals surface area (Å²) in [4.78, 5) is 19.6. The Bertz CT molecular complexity index is 986. The maximum Gasteiger partial charge on any atom is 0.322 e. The zero-order chi connectivity index (χ0) is 18.9. The van der Waals surface area contributed by atoms with Crippen LogP contribution in [0.25, 0.3) is 10.2 Å². The Balaban J connectivity index is 1.37. The molecule has 1 aromatic heterocycles. The summed E-state index contributed by atoms with van der Waals surface area (Å²) in [5, 5.41) is 3.96. The van der Waals surface area contributed by atoms with Crippen molar-refractivity contribution in [1.82, 2.24) is 9.88 Å². The standard InChI is InChI=1S/C21H21N3O3S/c25-21(22-15-7-8-18-14(12-15)4-3-10-27-18)24-9-11-26-13-17(24)20-23-16-5-1-2-6-19(16)28-20/h1-2,5-8,12,17H,3-4,9-11,13H2,(H,22,25). The normalized spacial score (nSPS) is 19.1. The molecule has 0 aliphatic carbocycles. The third kappa shape index (κ3) is 3.31. The number of benzene rings is 2. The molecule has 2 amide bonds. The third-order valence-corrected chi connectivity index (χ3v) is 6.28. The van der Waals surface area contributed by atoms with Gasteiger partial charge < -0.3 is 19.7 Å². The highest BCUT2D eigenvalue weighted by Gasteiger charge is 2.31. The van der Waals surface area contributed by atoms with Crippen LogP contribution >= 0.6 is 11.3 Å². The van der Waals surface area contributed by atoms with Crippen molar-refractivity contribution in [3.63, 3.8) is 0 Å². The molecule has 28 heavy (non-hydrogen) atoms. The molecule has 5 rings (SSSR count). The number of para-hydroxylation sites is 1. The minimum Gasteiger partial charge on any atom is -0.493 e. The number of amides is 2. The number of carbonyl (C=O) groups is 1. The summed E-state index contributed by atoms with van der Waals surface area (Å²) in [7, 11) is 0. The van der Waals surface area contributed by atoms with Crippen molar-refractivity contribution in [2.75, 3.05) is 31.7 Å². The number of nitrogens with one attached hydrogen (secondary N) is 1. The number of morpholine rings is 1. The van der Waals surface area contributed by atoms with E-state index in [1.165, 1.54) is 0 Å². The van der Waals surface area contributed by atoms with Gasteiger partial charge in [0.2, 0.25) is 0 Å². The van der Waals surface area contributed by atoms with Gasteiger partial charge >= 0.3 is 6.03 Å². The number of urea groups is 1. The number of ether oxygens (including phenoxy) is 2. The summed E-state index contributed by atoms with van der Waals surface area (Å²) in [6.45, 7) is 2.30. The van der Waals surface area contributed by atoms with E-state index in [1.807, 2.05) is 41.3 Å². The lowest BCUT2D eigenvalue weighted by molar-refractivity contribution is 0.0147. The average Bonchev–Trinajstić information content (AvgIpc) is 3.18. The first-order valence-corrected chi connectivity index (χ1v) is 10.4. The second kappa shape index (κ2) is 7.41. The van der Waals surface area contributed by atoms with Gasteiger partial charge in [-0.3, -0.25) is 0 Å². The van der Waals surface area contributed by atoms with Gasteiger partial charge in [-0.1, -0.05) is 12.1 Å². The SMILES string of the molecule is O=C(Nc1ccc2c(c1)CCCO2)N1CCOCC1c1nc2ccccc2s1. The quantitative estimate of drug-likeness (QED) is 0.705. The zero-order valence-electron chi connectivity index (χ0n) is 15.4. The molecule has 1 unspecified atom stereocenters. The van der Waals surface area contributed by atoms with E-state index in [0.717, 1.165) is 51.7 Å². The molecule has 0 saturated carbocycles. The second-order valence-electron chi connectivity index (χ2n) is 7.01. The highest BCUT2D eigenvalue weighted by molar-refractivity contribution is 7.18. The van der Waals surface area contributed by atoms with Crippen LogP contribution in [0.5, 0.6) is 5.75 Å². The first-order valence-electron chi connectivity index (χ1n) is 9.54. The number of carbonyl (C=O) groups excluding carboxylic acids is 1. The molecule has 3 heterocycles. The smallest absolute Gasteiger partial charge is 0.322 e. The van der Waals surface area contributed by atoms with Crippen molar-refractivity contribution in [2.45, 2.75) is 18.9 Å². The number of aromatic nitrogens is 1. The summed E-state index contributed by atoms with van der Waals surface area (Å²) in [6.07, 6.45) is 1.98. The highest BCUT2D eigenvalue weighted by Crippen LogP contribution is 2.32. The summed E-state index contributed by atoms with van der Waals surface area (Å²) in [5.74, 6) is 0.919. The molecule has 2 aromatic carbocycles. The molecular weight excluding hydrogens is 374 g/mol. The first kappa shape index (κ1) is 17.5. The van der Waals surface area contributed by atoms with Crippen LogP contribution in [-0.2, 0) is 11.2 Å². The van der Waals surface area contributed by atoms with E-state index in [-0.39, 0.29) is 12.1 Å². The lowest BCUT2D eigenvalue weighted by atomic mass is 10.1. The minimum absolute atomic E-state index is 0.121. The zero-order valence-corrected chi connectivity index (χ0v) is 16.2. The van der Waals surface area contributed by atoms with E-state index < -0.39 is 0 Å². The molecule has 2 aliphatic heterocycles. The van der Waals surface area contributed by atoms with Crippen LogP contribution < -0.4 is 10.1 Å². The average molecular weight is 395 g/mol. The van der Waals surface area contributed by atoms with Crippen molar-refractivity contribution in [1.29, 1.82) is 0 Å². The Morgan fingerprint density at radius 3 is 3.07 bits per heavy atom. The first-order chi connectivity index (χ1) is 13.8. The number of hydrogen-bond acceptors (Lipinski definition) is 5. The number of rotatable bonds is 2. The van der Waals surface area contributed by atoms with Crippen LogP contribution in [0.15, 0.2) is 42.5 Å². The molecule has 0 bridgehead atoms. The number of hydrogen-bond donors (Lipinski definition) is 1. The number of fused-ring (bicyclic) bond motifs is 2. The lowest BCUT2D eigenvalue weighted by Gasteiger charge is -2.34. The van der Waals surface area contributed by atoms with Crippen molar-refractivity contribution in [3.8, 4) is 5.75 Å². The van der Waals surface area contributed by atoms with E-state index >= 15 is 0 Å². The Labute approximate surface area is 167 Å². The Hall–Kier alpha value is -2.64. The summed E-state index contributed by atoms with van der Waals surface area (Å²) in [5.41, 5.74) is 2.90. The van der Waals surface area contributed by atoms with E-state index in [2.05, 4.69) is 11.4 Å². The van der Waals surface area contributed by atoms with Crippen LogP contribution in [-0.4, -0.2) is 42.3 Å². The fraction of sp³-hybridized carbons (Fsp3) is 0.333. The Kier molecular flexibility index (Phi) is 4.62. The van der Waals surface area contributed by atoms with Gasteiger partial charge in [0.05, 0.1) is 30.0 Å². The Morgan fingerprint density at radius 1 is 1.21 bits per heavy atom. The molecule has 1 N–H and O–H groups in total. The van der Waals surface area contributed by atoms with Gasteiger partial charge in [0, 0.05) is 12.2 Å². The molecule has 2 aliphatic rings. The van der Waals surface area contributed by atoms with Gasteiger partial charge in [0.15, 0.2) is 0 Å². The van der Waals surface area contributed by atoms with Crippen LogP contribution in [0, 0.1) is 0 Å². The summed E-state index contributed by atoms with van der Waals surface area (Å²) >= 11 is 1.62. The molecule has 1 fully saturated rings. The lowest BCUT2D eigenvalue weighted by Crippen LogP contribution is -2.45.